The highest BCUT2D eigenvalue weighted by atomic mass is 32.2. The second kappa shape index (κ2) is 5.59. The molecule has 1 unspecified atom stereocenters. The Hall–Kier alpha value is -1.70. The SMILES string of the molecule is Cc1ccccc1S(=O)(=O)N1CCOCC1c1ccn[nH]1. The van der Waals surface area contributed by atoms with Crippen LogP contribution in [0.4, 0.5) is 0 Å². The number of rotatable bonds is 3. The second-order valence-corrected chi connectivity index (χ2v) is 6.84. The van der Waals surface area contributed by atoms with Gasteiger partial charge in [-0.3, -0.25) is 5.10 Å². The van der Waals surface area contributed by atoms with E-state index < -0.39 is 10.0 Å². The van der Waals surface area contributed by atoms with Crippen LogP contribution in [-0.2, 0) is 14.8 Å². The van der Waals surface area contributed by atoms with Crippen LogP contribution in [0.2, 0.25) is 0 Å². The summed E-state index contributed by atoms with van der Waals surface area (Å²) >= 11 is 0. The van der Waals surface area contributed by atoms with Crippen LogP contribution in [0.5, 0.6) is 0 Å². The van der Waals surface area contributed by atoms with Gasteiger partial charge in [0, 0.05) is 12.7 Å². The summed E-state index contributed by atoms with van der Waals surface area (Å²) in [7, 11) is -3.56. The molecule has 1 atom stereocenters. The van der Waals surface area contributed by atoms with Gasteiger partial charge in [0.25, 0.3) is 0 Å². The molecule has 1 saturated heterocycles. The molecule has 0 bridgehead atoms. The summed E-state index contributed by atoms with van der Waals surface area (Å²) in [4.78, 5) is 0.344. The zero-order chi connectivity index (χ0) is 14.9. The Kier molecular flexibility index (Phi) is 3.79. The smallest absolute Gasteiger partial charge is 0.244 e. The number of H-pyrrole nitrogens is 1. The first-order valence-corrected chi connectivity index (χ1v) is 8.19. The highest BCUT2D eigenvalue weighted by molar-refractivity contribution is 7.89. The van der Waals surface area contributed by atoms with E-state index in [0.29, 0.717) is 24.7 Å². The van der Waals surface area contributed by atoms with E-state index in [2.05, 4.69) is 10.2 Å². The number of nitrogens with one attached hydrogen (secondary N) is 1. The number of sulfonamides is 1. The fourth-order valence-corrected chi connectivity index (χ4v) is 4.35. The highest BCUT2D eigenvalue weighted by Gasteiger charge is 2.36. The van der Waals surface area contributed by atoms with Gasteiger partial charge in [0.2, 0.25) is 10.0 Å². The molecule has 1 aromatic heterocycles. The summed E-state index contributed by atoms with van der Waals surface area (Å²) in [5.41, 5.74) is 1.49. The molecule has 1 fully saturated rings. The van der Waals surface area contributed by atoms with Crippen molar-refractivity contribution in [2.24, 2.45) is 0 Å². The van der Waals surface area contributed by atoms with Gasteiger partial charge in [-0.25, -0.2) is 8.42 Å². The number of hydrogen-bond donors (Lipinski definition) is 1. The van der Waals surface area contributed by atoms with E-state index in [1.165, 1.54) is 4.31 Å². The highest BCUT2D eigenvalue weighted by Crippen LogP contribution is 2.30. The van der Waals surface area contributed by atoms with Crippen molar-refractivity contribution in [2.45, 2.75) is 17.9 Å². The predicted molar refractivity (Wildman–Crippen MR) is 77.2 cm³/mol. The summed E-state index contributed by atoms with van der Waals surface area (Å²) < 4.78 is 32.8. The van der Waals surface area contributed by atoms with Crippen molar-refractivity contribution in [3.05, 3.63) is 47.8 Å². The monoisotopic (exact) mass is 307 g/mol. The Balaban J connectivity index is 2.02. The number of aryl methyl sites for hydroxylation is 1. The average molecular weight is 307 g/mol. The van der Waals surface area contributed by atoms with Crippen molar-refractivity contribution in [1.29, 1.82) is 0 Å². The number of aromatic amines is 1. The van der Waals surface area contributed by atoms with E-state index in [9.17, 15) is 8.42 Å². The minimum Gasteiger partial charge on any atom is -0.378 e. The fourth-order valence-electron chi connectivity index (χ4n) is 2.55. The summed E-state index contributed by atoms with van der Waals surface area (Å²) in [5.74, 6) is 0. The van der Waals surface area contributed by atoms with Crippen LogP contribution in [-0.4, -0.2) is 42.7 Å². The Morgan fingerprint density at radius 1 is 1.33 bits per heavy atom. The third-order valence-corrected chi connectivity index (χ3v) is 5.71. The maximum atomic E-state index is 12.9. The van der Waals surface area contributed by atoms with Gasteiger partial charge in [0.05, 0.1) is 29.8 Å². The summed E-state index contributed by atoms with van der Waals surface area (Å²) in [5, 5.41) is 6.74. The van der Waals surface area contributed by atoms with Crippen molar-refractivity contribution < 1.29 is 13.2 Å². The first kappa shape index (κ1) is 14.2. The number of hydrogen-bond acceptors (Lipinski definition) is 4. The Bertz CT molecular complexity index is 713. The van der Waals surface area contributed by atoms with Crippen LogP contribution < -0.4 is 0 Å². The van der Waals surface area contributed by atoms with Crippen LogP contribution in [0.3, 0.4) is 0 Å². The quantitative estimate of drug-likeness (QED) is 0.932. The summed E-state index contributed by atoms with van der Waals surface area (Å²) in [6.07, 6.45) is 1.61. The van der Waals surface area contributed by atoms with Gasteiger partial charge in [0.15, 0.2) is 0 Å². The molecule has 0 aliphatic carbocycles. The molecule has 1 aromatic carbocycles. The van der Waals surface area contributed by atoms with Crippen molar-refractivity contribution in [3.8, 4) is 0 Å². The molecule has 1 aliphatic rings. The lowest BCUT2D eigenvalue weighted by molar-refractivity contribution is 0.0305. The van der Waals surface area contributed by atoms with Crippen LogP contribution >= 0.6 is 0 Å². The predicted octanol–water partition coefficient (Wildman–Crippen LogP) is 1.48. The van der Waals surface area contributed by atoms with Crippen LogP contribution in [0, 0.1) is 6.92 Å². The summed E-state index contributed by atoms with van der Waals surface area (Å²) in [6.45, 7) is 2.86. The van der Waals surface area contributed by atoms with Crippen LogP contribution in [0.25, 0.3) is 0 Å². The zero-order valence-corrected chi connectivity index (χ0v) is 12.5. The van der Waals surface area contributed by atoms with Gasteiger partial charge >= 0.3 is 0 Å². The van der Waals surface area contributed by atoms with Crippen LogP contribution in [0.15, 0.2) is 41.4 Å². The van der Waals surface area contributed by atoms with E-state index in [1.54, 1.807) is 37.4 Å². The van der Waals surface area contributed by atoms with Crippen LogP contribution in [0.1, 0.15) is 17.3 Å². The molecule has 0 saturated carbocycles. The number of ether oxygens (including phenoxy) is 1. The zero-order valence-electron chi connectivity index (χ0n) is 11.7. The lowest BCUT2D eigenvalue weighted by atomic mass is 10.2. The maximum Gasteiger partial charge on any atom is 0.244 e. The lowest BCUT2D eigenvalue weighted by Gasteiger charge is -2.34. The minimum absolute atomic E-state index is 0.327. The molecule has 6 nitrogen and oxygen atoms in total. The average Bonchev–Trinajstić information content (AvgIpc) is 3.01. The standard InChI is InChI=1S/C14H17N3O3S/c1-11-4-2-3-5-14(11)21(18,19)17-8-9-20-10-13(17)12-6-7-15-16-12/h2-7,13H,8-10H2,1H3,(H,15,16). The maximum absolute atomic E-state index is 12.9. The molecule has 1 aliphatic heterocycles. The molecule has 2 heterocycles. The Labute approximate surface area is 123 Å². The number of aromatic nitrogens is 2. The van der Waals surface area contributed by atoms with Gasteiger partial charge in [-0.2, -0.15) is 9.40 Å². The van der Waals surface area contributed by atoms with Gasteiger partial charge in [-0.1, -0.05) is 18.2 Å². The molecule has 7 heteroatoms. The van der Waals surface area contributed by atoms with Crippen molar-refractivity contribution >= 4 is 10.0 Å². The molecule has 3 rings (SSSR count). The van der Waals surface area contributed by atoms with Gasteiger partial charge in [0.1, 0.15) is 0 Å². The Morgan fingerprint density at radius 2 is 2.14 bits per heavy atom. The molecular weight excluding hydrogens is 290 g/mol. The molecule has 0 radical (unpaired) electrons. The van der Waals surface area contributed by atoms with Crippen molar-refractivity contribution in [3.63, 3.8) is 0 Å². The van der Waals surface area contributed by atoms with E-state index in [-0.39, 0.29) is 6.04 Å². The number of morpholine rings is 1. The number of nitrogens with zero attached hydrogens (tertiary/aromatic N) is 2. The molecule has 21 heavy (non-hydrogen) atoms. The van der Waals surface area contributed by atoms with Crippen molar-refractivity contribution in [1.82, 2.24) is 14.5 Å². The fraction of sp³-hybridized carbons (Fsp3) is 0.357. The summed E-state index contributed by atoms with van der Waals surface area (Å²) in [6, 6.07) is 8.43. The number of benzene rings is 1. The van der Waals surface area contributed by atoms with E-state index >= 15 is 0 Å². The second-order valence-electron chi connectivity index (χ2n) is 4.98. The van der Waals surface area contributed by atoms with E-state index in [1.807, 2.05) is 6.07 Å². The first-order chi connectivity index (χ1) is 10.1. The van der Waals surface area contributed by atoms with Gasteiger partial charge < -0.3 is 4.74 Å². The molecule has 0 amide bonds. The largest absolute Gasteiger partial charge is 0.378 e. The normalized spacial score (nSPS) is 20.5. The topological polar surface area (TPSA) is 75.3 Å². The van der Waals surface area contributed by atoms with E-state index in [4.69, 9.17) is 4.74 Å². The molecular formula is C14H17N3O3S. The molecule has 0 spiro atoms. The lowest BCUT2D eigenvalue weighted by Crippen LogP contribution is -2.43. The minimum atomic E-state index is -3.56. The third kappa shape index (κ3) is 2.59. The molecule has 2 aromatic rings. The molecule has 1 N–H and O–H groups in total. The molecule has 112 valence electrons. The van der Waals surface area contributed by atoms with Gasteiger partial charge in [-0.05, 0) is 24.6 Å². The third-order valence-electron chi connectivity index (χ3n) is 3.64. The first-order valence-electron chi connectivity index (χ1n) is 6.75. The Morgan fingerprint density at radius 3 is 2.86 bits per heavy atom. The van der Waals surface area contributed by atoms with Crippen molar-refractivity contribution in [2.75, 3.05) is 19.8 Å². The van der Waals surface area contributed by atoms with E-state index in [0.717, 1.165) is 11.3 Å². The van der Waals surface area contributed by atoms with Gasteiger partial charge in [-0.15, -0.1) is 0 Å².